The second-order valence-corrected chi connectivity index (χ2v) is 5.07. The van der Waals surface area contributed by atoms with Gasteiger partial charge in [0.1, 0.15) is 13.2 Å². The summed E-state index contributed by atoms with van der Waals surface area (Å²) in [6.07, 6.45) is 3.51. The van der Waals surface area contributed by atoms with E-state index in [-0.39, 0.29) is 19.2 Å². The third-order valence-electron chi connectivity index (χ3n) is 3.53. The van der Waals surface area contributed by atoms with Crippen molar-refractivity contribution in [2.45, 2.75) is 38.3 Å². The van der Waals surface area contributed by atoms with Gasteiger partial charge < -0.3 is 10.5 Å². The molecule has 1 fully saturated rings. The van der Waals surface area contributed by atoms with Crippen LogP contribution in [0.5, 0.6) is 0 Å². The van der Waals surface area contributed by atoms with Gasteiger partial charge >= 0.3 is 6.09 Å². The van der Waals surface area contributed by atoms with Crippen LogP contribution in [-0.4, -0.2) is 29.5 Å². The molecule has 2 N–H and O–H groups in total. The van der Waals surface area contributed by atoms with E-state index >= 15 is 0 Å². The molecule has 5 heteroatoms. The summed E-state index contributed by atoms with van der Waals surface area (Å²) in [4.78, 5) is 24.7. The molecule has 20 heavy (non-hydrogen) atoms. The number of nitrogens with two attached hydrogens (primary N) is 1. The van der Waals surface area contributed by atoms with Crippen molar-refractivity contribution in [3.8, 4) is 0 Å². The molecule has 0 radical (unpaired) electrons. The van der Waals surface area contributed by atoms with Crippen molar-refractivity contribution >= 4 is 12.0 Å². The molecule has 0 saturated heterocycles. The maximum Gasteiger partial charge on any atom is 0.410 e. The highest BCUT2D eigenvalue weighted by Crippen LogP contribution is 2.24. The van der Waals surface area contributed by atoms with Crippen LogP contribution in [0.15, 0.2) is 30.3 Å². The van der Waals surface area contributed by atoms with Crippen LogP contribution in [0.1, 0.15) is 31.2 Å². The van der Waals surface area contributed by atoms with Gasteiger partial charge in [0.2, 0.25) is 5.91 Å². The highest BCUT2D eigenvalue weighted by Gasteiger charge is 2.28. The van der Waals surface area contributed by atoms with E-state index in [9.17, 15) is 9.59 Å². The molecule has 2 amide bonds. The minimum absolute atomic E-state index is 0.0711. The second-order valence-electron chi connectivity index (χ2n) is 5.07. The molecule has 0 aromatic heterocycles. The molecule has 0 heterocycles. The van der Waals surface area contributed by atoms with Gasteiger partial charge in [-0.15, -0.1) is 0 Å². The van der Waals surface area contributed by atoms with Crippen molar-refractivity contribution < 1.29 is 14.3 Å². The van der Waals surface area contributed by atoms with Gasteiger partial charge in [-0.1, -0.05) is 43.2 Å². The number of ether oxygens (including phenoxy) is 1. The quantitative estimate of drug-likeness (QED) is 0.894. The molecule has 0 aliphatic heterocycles. The maximum absolute atomic E-state index is 12.1. The lowest BCUT2D eigenvalue weighted by Gasteiger charge is -2.26. The average molecular weight is 276 g/mol. The molecular formula is C15H20N2O3. The Kier molecular flexibility index (Phi) is 4.98. The monoisotopic (exact) mass is 276 g/mol. The Morgan fingerprint density at radius 1 is 1.20 bits per heavy atom. The number of hydrogen-bond donors (Lipinski definition) is 1. The summed E-state index contributed by atoms with van der Waals surface area (Å²) in [5.41, 5.74) is 6.14. The van der Waals surface area contributed by atoms with Gasteiger partial charge in [0.25, 0.3) is 0 Å². The maximum atomic E-state index is 12.1. The minimum Gasteiger partial charge on any atom is -0.445 e. The van der Waals surface area contributed by atoms with Gasteiger partial charge in [0, 0.05) is 6.04 Å². The van der Waals surface area contributed by atoms with Crippen molar-refractivity contribution in [3.05, 3.63) is 35.9 Å². The molecule has 0 spiro atoms. The third-order valence-corrected chi connectivity index (χ3v) is 3.53. The summed E-state index contributed by atoms with van der Waals surface area (Å²) < 4.78 is 5.28. The Bertz CT molecular complexity index is 455. The fourth-order valence-corrected chi connectivity index (χ4v) is 2.53. The van der Waals surface area contributed by atoms with Gasteiger partial charge in [-0.3, -0.25) is 9.69 Å². The smallest absolute Gasteiger partial charge is 0.410 e. The number of carbonyl (C=O) groups excluding carboxylic acids is 2. The summed E-state index contributed by atoms with van der Waals surface area (Å²) in [5, 5.41) is 0. The fraction of sp³-hybridized carbons (Fsp3) is 0.467. The van der Waals surface area contributed by atoms with E-state index in [0.29, 0.717) is 0 Å². The molecule has 0 bridgehead atoms. The summed E-state index contributed by atoms with van der Waals surface area (Å²) in [5.74, 6) is -0.506. The summed E-state index contributed by atoms with van der Waals surface area (Å²) in [6.45, 7) is 0.139. The Hall–Kier alpha value is -2.04. The Morgan fingerprint density at radius 2 is 1.85 bits per heavy atom. The lowest BCUT2D eigenvalue weighted by Crippen LogP contribution is -2.44. The van der Waals surface area contributed by atoms with Crippen LogP contribution in [0.25, 0.3) is 0 Å². The zero-order chi connectivity index (χ0) is 14.4. The SMILES string of the molecule is NC(=O)CN(C(=O)OCc1ccccc1)C1CCCC1. The molecule has 1 aliphatic rings. The standard InChI is InChI=1S/C15H20N2O3/c16-14(18)10-17(13-8-4-5-9-13)15(19)20-11-12-6-2-1-3-7-12/h1-3,6-7,13H,4-5,8-11H2,(H2,16,18). The normalized spacial score (nSPS) is 15.0. The van der Waals surface area contributed by atoms with E-state index in [2.05, 4.69) is 0 Å². The van der Waals surface area contributed by atoms with Gasteiger partial charge in [0.05, 0.1) is 0 Å². The van der Waals surface area contributed by atoms with Crippen LogP contribution in [0.2, 0.25) is 0 Å². The van der Waals surface area contributed by atoms with Gasteiger partial charge in [-0.2, -0.15) is 0 Å². The first-order chi connectivity index (χ1) is 9.66. The largest absolute Gasteiger partial charge is 0.445 e. The number of primary amides is 1. The predicted molar refractivity (Wildman–Crippen MR) is 74.8 cm³/mol. The summed E-state index contributed by atoms with van der Waals surface area (Å²) in [6, 6.07) is 9.54. The zero-order valence-corrected chi connectivity index (χ0v) is 11.5. The molecule has 1 aliphatic carbocycles. The number of nitrogens with zero attached hydrogens (tertiary/aromatic N) is 1. The molecular weight excluding hydrogens is 256 g/mol. The topological polar surface area (TPSA) is 72.6 Å². The first kappa shape index (κ1) is 14.4. The van der Waals surface area contributed by atoms with Crippen molar-refractivity contribution in [1.29, 1.82) is 0 Å². The van der Waals surface area contributed by atoms with Gasteiger partial charge in [-0.25, -0.2) is 4.79 Å². The molecule has 1 aromatic rings. The summed E-state index contributed by atoms with van der Waals surface area (Å²) >= 11 is 0. The van der Waals surface area contributed by atoms with Gasteiger partial charge in [-0.05, 0) is 18.4 Å². The second kappa shape index (κ2) is 6.93. The number of amides is 2. The van der Waals surface area contributed by atoms with Crippen LogP contribution in [0.3, 0.4) is 0 Å². The Balaban J connectivity index is 1.93. The van der Waals surface area contributed by atoms with E-state index in [1.54, 1.807) is 0 Å². The van der Waals surface area contributed by atoms with E-state index in [0.717, 1.165) is 31.2 Å². The molecule has 1 saturated carbocycles. The molecule has 5 nitrogen and oxygen atoms in total. The van der Waals surface area contributed by atoms with Crippen LogP contribution in [0.4, 0.5) is 4.79 Å². The Morgan fingerprint density at radius 3 is 2.45 bits per heavy atom. The van der Waals surface area contributed by atoms with E-state index in [1.807, 2.05) is 30.3 Å². The highest BCUT2D eigenvalue weighted by atomic mass is 16.6. The number of rotatable bonds is 5. The molecule has 0 atom stereocenters. The first-order valence-electron chi connectivity index (χ1n) is 6.92. The predicted octanol–water partition coefficient (Wildman–Crippen LogP) is 2.05. The lowest BCUT2D eigenvalue weighted by atomic mass is 10.2. The van der Waals surface area contributed by atoms with E-state index in [4.69, 9.17) is 10.5 Å². The van der Waals surface area contributed by atoms with Crippen molar-refractivity contribution in [3.63, 3.8) is 0 Å². The average Bonchev–Trinajstić information content (AvgIpc) is 2.97. The number of hydrogen-bond acceptors (Lipinski definition) is 3. The Labute approximate surface area is 118 Å². The third kappa shape index (κ3) is 3.98. The minimum atomic E-state index is -0.506. The molecule has 108 valence electrons. The van der Waals surface area contributed by atoms with Crippen LogP contribution in [-0.2, 0) is 16.1 Å². The fourth-order valence-electron chi connectivity index (χ4n) is 2.53. The molecule has 0 unspecified atom stereocenters. The zero-order valence-electron chi connectivity index (χ0n) is 11.5. The van der Waals surface area contributed by atoms with E-state index < -0.39 is 12.0 Å². The number of benzene rings is 1. The number of carbonyl (C=O) groups is 2. The highest BCUT2D eigenvalue weighted by molar-refractivity contribution is 5.81. The lowest BCUT2D eigenvalue weighted by molar-refractivity contribution is -0.119. The van der Waals surface area contributed by atoms with E-state index in [1.165, 1.54) is 4.90 Å². The molecule has 2 rings (SSSR count). The summed E-state index contributed by atoms with van der Waals surface area (Å²) in [7, 11) is 0. The van der Waals surface area contributed by atoms with Crippen LogP contribution < -0.4 is 5.73 Å². The molecule has 1 aromatic carbocycles. The first-order valence-corrected chi connectivity index (χ1v) is 6.92. The van der Waals surface area contributed by atoms with Crippen molar-refractivity contribution in [2.75, 3.05) is 6.54 Å². The van der Waals surface area contributed by atoms with Crippen LogP contribution in [0, 0.1) is 0 Å². The van der Waals surface area contributed by atoms with Crippen LogP contribution >= 0.6 is 0 Å². The van der Waals surface area contributed by atoms with Crippen molar-refractivity contribution in [2.24, 2.45) is 5.73 Å². The van der Waals surface area contributed by atoms with Gasteiger partial charge in [0.15, 0.2) is 0 Å². The van der Waals surface area contributed by atoms with Crippen molar-refractivity contribution in [1.82, 2.24) is 4.90 Å².